The number of likely N-dealkylation sites (tertiary alicyclic amines) is 1. The Morgan fingerprint density at radius 2 is 1.72 bits per heavy atom. The number of aliphatic hydroxyl groups is 2. The first-order valence-corrected chi connectivity index (χ1v) is 9.69. The van der Waals surface area contributed by atoms with E-state index in [0.29, 0.717) is 5.56 Å². The fourth-order valence-electron chi connectivity index (χ4n) is 3.47. The van der Waals surface area contributed by atoms with Gasteiger partial charge >= 0.3 is 0 Å². The second kappa shape index (κ2) is 9.49. The number of ketones is 1. The molecule has 0 spiro atoms. The van der Waals surface area contributed by atoms with Gasteiger partial charge in [0.05, 0.1) is 31.4 Å². The van der Waals surface area contributed by atoms with Crippen LogP contribution in [0, 0.1) is 0 Å². The van der Waals surface area contributed by atoms with Gasteiger partial charge in [0.25, 0.3) is 11.7 Å². The summed E-state index contributed by atoms with van der Waals surface area (Å²) in [5.74, 6) is -1.56. The fourth-order valence-corrected chi connectivity index (χ4v) is 3.47. The van der Waals surface area contributed by atoms with Crippen LogP contribution < -0.4 is 0 Å². The zero-order valence-electron chi connectivity index (χ0n) is 16.4. The lowest BCUT2D eigenvalue weighted by atomic mass is 9.94. The van der Waals surface area contributed by atoms with Gasteiger partial charge in [-0.25, -0.2) is 0 Å². The monoisotopic (exact) mass is 395 g/mol. The fraction of sp³-hybridized carbons (Fsp3) is 0.304. The summed E-state index contributed by atoms with van der Waals surface area (Å²) < 4.78 is 5.30. The van der Waals surface area contributed by atoms with Gasteiger partial charge in [0.1, 0.15) is 5.76 Å². The lowest BCUT2D eigenvalue weighted by molar-refractivity contribution is -0.140. The maximum Gasteiger partial charge on any atom is 0.295 e. The van der Waals surface area contributed by atoms with Gasteiger partial charge in [-0.1, -0.05) is 61.5 Å². The predicted octanol–water partition coefficient (Wildman–Crippen LogP) is 2.68. The van der Waals surface area contributed by atoms with Crippen molar-refractivity contribution in [2.75, 3.05) is 26.4 Å². The van der Waals surface area contributed by atoms with Crippen molar-refractivity contribution in [3.63, 3.8) is 0 Å². The highest BCUT2D eigenvalue weighted by molar-refractivity contribution is 6.46. The van der Waals surface area contributed by atoms with Gasteiger partial charge in [-0.2, -0.15) is 0 Å². The molecule has 1 heterocycles. The quantitative estimate of drug-likeness (QED) is 0.311. The first-order chi connectivity index (χ1) is 14.1. The third-order valence-corrected chi connectivity index (χ3v) is 5.00. The van der Waals surface area contributed by atoms with Crippen molar-refractivity contribution in [2.45, 2.75) is 19.4 Å². The van der Waals surface area contributed by atoms with E-state index in [-0.39, 0.29) is 37.7 Å². The largest absolute Gasteiger partial charge is 0.507 e. The van der Waals surface area contributed by atoms with Crippen molar-refractivity contribution < 1.29 is 24.5 Å². The normalized spacial score (nSPS) is 18.4. The van der Waals surface area contributed by atoms with Crippen LogP contribution in [0.4, 0.5) is 0 Å². The highest BCUT2D eigenvalue weighted by atomic mass is 16.5. The van der Waals surface area contributed by atoms with Gasteiger partial charge in [0, 0.05) is 12.1 Å². The Kier molecular flexibility index (Phi) is 6.80. The summed E-state index contributed by atoms with van der Waals surface area (Å²) in [5.41, 5.74) is 2.45. The molecule has 1 atom stereocenters. The number of Topliss-reactive ketones (excluding diaryl/α,β-unsaturated/α-hetero) is 1. The Labute approximate surface area is 170 Å². The lowest BCUT2D eigenvalue weighted by Gasteiger charge is -2.25. The molecular formula is C23H25NO5. The number of carbonyl (C=O) groups is 2. The van der Waals surface area contributed by atoms with Crippen LogP contribution in [0.5, 0.6) is 0 Å². The molecule has 2 N–H and O–H groups in total. The Balaban J connectivity index is 2.04. The second-order valence-electron chi connectivity index (χ2n) is 6.79. The molecule has 152 valence electrons. The van der Waals surface area contributed by atoms with Crippen LogP contribution >= 0.6 is 0 Å². The molecular weight excluding hydrogens is 370 g/mol. The molecule has 1 aliphatic rings. The first kappa shape index (κ1) is 20.8. The number of rotatable bonds is 8. The Bertz CT molecular complexity index is 889. The number of aliphatic hydroxyl groups excluding tert-OH is 2. The van der Waals surface area contributed by atoms with Crippen LogP contribution in [0.3, 0.4) is 0 Å². The van der Waals surface area contributed by atoms with Crippen LogP contribution in [0.2, 0.25) is 0 Å². The highest BCUT2D eigenvalue weighted by Gasteiger charge is 2.45. The molecule has 0 aromatic heterocycles. The lowest BCUT2D eigenvalue weighted by Crippen LogP contribution is -2.33. The minimum absolute atomic E-state index is 0.0765. The van der Waals surface area contributed by atoms with Crippen molar-refractivity contribution in [2.24, 2.45) is 0 Å². The predicted molar refractivity (Wildman–Crippen MR) is 109 cm³/mol. The molecule has 0 bridgehead atoms. The van der Waals surface area contributed by atoms with Gasteiger partial charge in [-0.3, -0.25) is 9.59 Å². The van der Waals surface area contributed by atoms with Gasteiger partial charge in [0.15, 0.2) is 0 Å². The minimum Gasteiger partial charge on any atom is -0.507 e. The third kappa shape index (κ3) is 4.39. The zero-order valence-corrected chi connectivity index (χ0v) is 16.4. The Hall–Kier alpha value is -2.96. The molecule has 6 heteroatoms. The molecule has 1 fully saturated rings. The van der Waals surface area contributed by atoms with Crippen LogP contribution in [0.1, 0.15) is 29.7 Å². The molecule has 0 aliphatic carbocycles. The summed E-state index contributed by atoms with van der Waals surface area (Å²) in [7, 11) is 0. The Morgan fingerprint density at radius 1 is 1.03 bits per heavy atom. The zero-order chi connectivity index (χ0) is 20.8. The number of carbonyl (C=O) groups excluding carboxylic acids is 2. The van der Waals surface area contributed by atoms with Gasteiger partial charge in [-0.15, -0.1) is 0 Å². The number of benzene rings is 2. The van der Waals surface area contributed by atoms with E-state index in [1.54, 1.807) is 24.3 Å². The summed E-state index contributed by atoms with van der Waals surface area (Å²) in [6.45, 7) is 2.45. The van der Waals surface area contributed by atoms with E-state index in [1.807, 2.05) is 30.3 Å². The van der Waals surface area contributed by atoms with Gasteiger partial charge < -0.3 is 19.8 Å². The molecule has 29 heavy (non-hydrogen) atoms. The van der Waals surface area contributed by atoms with Crippen LogP contribution in [-0.4, -0.2) is 53.2 Å². The van der Waals surface area contributed by atoms with E-state index in [1.165, 1.54) is 4.90 Å². The molecule has 1 aliphatic heterocycles. The smallest absolute Gasteiger partial charge is 0.295 e. The molecule has 1 amide bonds. The molecule has 2 aromatic rings. The summed E-state index contributed by atoms with van der Waals surface area (Å²) >= 11 is 0. The maximum atomic E-state index is 12.8. The van der Waals surface area contributed by atoms with E-state index in [4.69, 9.17) is 9.84 Å². The molecule has 1 saturated heterocycles. The summed E-state index contributed by atoms with van der Waals surface area (Å²) in [5, 5.41) is 19.8. The molecule has 6 nitrogen and oxygen atoms in total. The number of aryl methyl sites for hydroxylation is 1. The Morgan fingerprint density at radius 3 is 2.34 bits per heavy atom. The minimum atomic E-state index is -0.710. The third-order valence-electron chi connectivity index (χ3n) is 5.00. The average molecular weight is 395 g/mol. The van der Waals surface area contributed by atoms with Crippen molar-refractivity contribution in [1.82, 2.24) is 4.90 Å². The number of ether oxygens (including phenoxy) is 1. The topological polar surface area (TPSA) is 87.1 Å². The maximum absolute atomic E-state index is 12.8. The summed E-state index contributed by atoms with van der Waals surface area (Å²) in [6, 6.07) is 15.7. The first-order valence-electron chi connectivity index (χ1n) is 9.69. The van der Waals surface area contributed by atoms with E-state index < -0.39 is 17.7 Å². The van der Waals surface area contributed by atoms with E-state index in [2.05, 4.69) is 6.92 Å². The molecule has 0 radical (unpaired) electrons. The molecule has 0 saturated carbocycles. The van der Waals surface area contributed by atoms with E-state index in [9.17, 15) is 14.7 Å². The molecule has 1 unspecified atom stereocenters. The van der Waals surface area contributed by atoms with Crippen molar-refractivity contribution in [1.29, 1.82) is 0 Å². The SMILES string of the molecule is CCc1ccc(C2C(=C(O)c3ccccc3)C(=O)C(=O)N2CCOCCO)cc1. The second-order valence-corrected chi connectivity index (χ2v) is 6.79. The molecule has 2 aromatic carbocycles. The van der Waals surface area contributed by atoms with Crippen molar-refractivity contribution in [3.8, 4) is 0 Å². The highest BCUT2D eigenvalue weighted by Crippen LogP contribution is 2.39. The van der Waals surface area contributed by atoms with Gasteiger partial charge in [-0.05, 0) is 17.5 Å². The standard InChI is InChI=1S/C23H25NO5/c1-2-16-8-10-17(11-9-16)20-19(21(26)18-6-4-3-5-7-18)22(27)23(28)24(20)12-14-29-15-13-25/h3-11,20,25-26H,2,12-15H2,1H3. The number of hydrogen-bond donors (Lipinski definition) is 2. The molecule has 3 rings (SSSR count). The summed E-state index contributed by atoms with van der Waals surface area (Å²) in [4.78, 5) is 27.0. The number of nitrogens with zero attached hydrogens (tertiary/aromatic N) is 1. The van der Waals surface area contributed by atoms with E-state index in [0.717, 1.165) is 17.5 Å². The summed E-state index contributed by atoms with van der Waals surface area (Å²) in [6.07, 6.45) is 0.874. The van der Waals surface area contributed by atoms with Crippen LogP contribution in [0.15, 0.2) is 60.2 Å². The van der Waals surface area contributed by atoms with Crippen molar-refractivity contribution in [3.05, 3.63) is 76.9 Å². The van der Waals surface area contributed by atoms with Gasteiger partial charge in [0.2, 0.25) is 0 Å². The van der Waals surface area contributed by atoms with Crippen LogP contribution in [-0.2, 0) is 20.7 Å². The number of hydrogen-bond acceptors (Lipinski definition) is 5. The number of amides is 1. The van der Waals surface area contributed by atoms with Crippen LogP contribution in [0.25, 0.3) is 5.76 Å². The van der Waals surface area contributed by atoms with Crippen molar-refractivity contribution >= 4 is 17.4 Å². The average Bonchev–Trinajstić information content (AvgIpc) is 3.01. The van der Waals surface area contributed by atoms with E-state index >= 15 is 0 Å².